The van der Waals surface area contributed by atoms with Crippen LogP contribution < -0.4 is 10.3 Å². The normalized spacial score (nSPS) is 11.2. The lowest BCUT2D eigenvalue weighted by Crippen LogP contribution is -2.40. The molecule has 276 valence electrons. The van der Waals surface area contributed by atoms with Gasteiger partial charge in [0.25, 0.3) is 5.56 Å². The van der Waals surface area contributed by atoms with E-state index in [4.69, 9.17) is 0 Å². The molecule has 0 bridgehead atoms. The molecule has 5 aromatic rings. The van der Waals surface area contributed by atoms with Crippen molar-refractivity contribution in [1.82, 2.24) is 29.1 Å². The first-order valence-corrected chi connectivity index (χ1v) is 17.7. The van der Waals surface area contributed by atoms with Crippen molar-refractivity contribution in [2.45, 2.75) is 50.9 Å². The maximum Gasteiger partial charge on any atom is 0.387 e. The first-order chi connectivity index (χ1) is 24.6. The molecule has 0 aliphatic rings. The molecule has 3 aromatic carbocycles. The molecule has 1 amide bonds. The van der Waals surface area contributed by atoms with Crippen LogP contribution in [0.5, 0.6) is 5.75 Å². The van der Waals surface area contributed by atoms with Crippen molar-refractivity contribution in [3.05, 3.63) is 130 Å². The van der Waals surface area contributed by atoms with E-state index in [1.165, 1.54) is 36.0 Å². The van der Waals surface area contributed by atoms with E-state index in [2.05, 4.69) is 33.6 Å². The number of carbonyl (C=O) groups excluding carboxylic acids is 1. The Labute approximate surface area is 311 Å². The van der Waals surface area contributed by atoms with Crippen molar-refractivity contribution in [2.24, 2.45) is 7.05 Å². The Morgan fingerprint density at radius 2 is 1.52 bits per heavy atom. The lowest BCUT2D eigenvalue weighted by molar-refractivity contribution is -0.132. The molecule has 0 spiro atoms. The number of benzene rings is 3. The first-order valence-electron chi connectivity index (χ1n) is 16.7. The average molecular weight is 755 g/mol. The molecule has 0 aliphatic carbocycles. The van der Waals surface area contributed by atoms with Gasteiger partial charge in [0.15, 0.2) is 5.16 Å². The third kappa shape index (κ3) is 11.5. The molecule has 0 saturated heterocycles. The van der Waals surface area contributed by atoms with Gasteiger partial charge in [-0.3, -0.25) is 14.3 Å². The summed E-state index contributed by atoms with van der Waals surface area (Å²) >= 11 is 1.31. The molecule has 14 heteroatoms. The molecular weight excluding hydrogens is 713 g/mol. The highest BCUT2D eigenvalue weighted by Crippen LogP contribution is 2.25. The summed E-state index contributed by atoms with van der Waals surface area (Å²) in [5, 5.41) is 4.60. The Hall–Kier alpha value is -4.59. The van der Waals surface area contributed by atoms with E-state index < -0.39 is 6.61 Å². The zero-order valence-corrected chi connectivity index (χ0v) is 30.9. The Balaban J connectivity index is 0.00000605. The quantitative estimate of drug-likeness (QED) is 0.0743. The largest absolute Gasteiger partial charge is 0.435 e. The molecule has 0 unspecified atom stereocenters. The third-order valence-corrected chi connectivity index (χ3v) is 9.50. The first kappa shape index (κ1) is 40.2. The van der Waals surface area contributed by atoms with Gasteiger partial charge >= 0.3 is 6.61 Å². The van der Waals surface area contributed by atoms with Gasteiger partial charge in [0.1, 0.15) is 18.1 Å². The standard InChI is InChI=1S/C38H41F3N6O3S.ClH/c1-4-45(5-2)18-19-46(23-27-6-10-30(11-7-27)31-12-16-34(17-13-31)50-37(40)41)35(48)25-47-24-32(20-29-21-42-44(3)22-29)36(49)43-38(47)51-26-28-8-14-33(39)15-9-28;/h6-17,21-22,24,37H,4-5,18-20,23,25-26H2,1-3H3;1H. The number of aromatic nitrogens is 4. The van der Waals surface area contributed by atoms with Gasteiger partial charge in [0.05, 0.1) is 6.20 Å². The van der Waals surface area contributed by atoms with Crippen LogP contribution in [0.1, 0.15) is 36.1 Å². The predicted molar refractivity (Wildman–Crippen MR) is 199 cm³/mol. The minimum atomic E-state index is -2.89. The highest BCUT2D eigenvalue weighted by atomic mass is 35.5. The number of hydrogen-bond donors (Lipinski definition) is 0. The van der Waals surface area contributed by atoms with Crippen LogP contribution in [0, 0.1) is 5.82 Å². The lowest BCUT2D eigenvalue weighted by Gasteiger charge is -2.27. The summed E-state index contributed by atoms with van der Waals surface area (Å²) in [6.45, 7) is 4.47. The van der Waals surface area contributed by atoms with Crippen molar-refractivity contribution in [3.8, 4) is 16.9 Å². The molecule has 0 radical (unpaired) electrons. The van der Waals surface area contributed by atoms with Gasteiger partial charge in [-0.15, -0.1) is 12.4 Å². The number of likely N-dealkylation sites (N-methyl/N-ethyl adjacent to an activating group) is 1. The molecule has 0 saturated carbocycles. The van der Waals surface area contributed by atoms with Crippen LogP contribution in [0.25, 0.3) is 11.1 Å². The Morgan fingerprint density at radius 1 is 0.885 bits per heavy atom. The molecular formula is C38H42ClF3N6O3S. The van der Waals surface area contributed by atoms with Crippen LogP contribution in [0.3, 0.4) is 0 Å². The SMILES string of the molecule is CCN(CC)CCN(Cc1ccc(-c2ccc(OC(F)F)cc2)cc1)C(=O)Cn1cc(Cc2cnn(C)c2)c(=O)nc1SCc1ccc(F)cc1.Cl. The van der Waals surface area contributed by atoms with Gasteiger partial charge < -0.3 is 19.1 Å². The summed E-state index contributed by atoms with van der Waals surface area (Å²) in [6.07, 6.45) is 5.56. The second-order valence-electron chi connectivity index (χ2n) is 12.0. The number of halogens is 4. The third-order valence-electron chi connectivity index (χ3n) is 8.44. The summed E-state index contributed by atoms with van der Waals surface area (Å²) in [6, 6.07) is 20.4. The van der Waals surface area contributed by atoms with Gasteiger partial charge in [-0.05, 0) is 65.2 Å². The molecule has 0 aliphatic heterocycles. The minimum Gasteiger partial charge on any atom is -0.435 e. The van der Waals surface area contributed by atoms with Crippen molar-refractivity contribution < 1.29 is 22.7 Å². The fourth-order valence-electron chi connectivity index (χ4n) is 5.57. The smallest absolute Gasteiger partial charge is 0.387 e. The summed E-state index contributed by atoms with van der Waals surface area (Å²) in [5.74, 6) is 0.0529. The maximum absolute atomic E-state index is 14.2. The van der Waals surface area contributed by atoms with Gasteiger partial charge in [-0.2, -0.15) is 18.9 Å². The molecule has 9 nitrogen and oxygen atoms in total. The van der Waals surface area contributed by atoms with E-state index in [0.717, 1.165) is 40.9 Å². The second-order valence-corrected chi connectivity index (χ2v) is 13.0. The number of thioether (sulfide) groups is 1. The Kier molecular flexibility index (Phi) is 14.9. The number of aryl methyl sites for hydroxylation is 1. The molecule has 0 N–H and O–H groups in total. The number of ether oxygens (including phenoxy) is 1. The number of alkyl halides is 2. The zero-order chi connectivity index (χ0) is 36.3. The molecule has 5 rings (SSSR count). The van der Waals surface area contributed by atoms with Crippen molar-refractivity contribution in [3.63, 3.8) is 0 Å². The van der Waals surface area contributed by atoms with Gasteiger partial charge in [0, 0.05) is 56.8 Å². The summed E-state index contributed by atoms with van der Waals surface area (Å²) in [7, 11) is 1.81. The van der Waals surface area contributed by atoms with E-state index >= 15 is 0 Å². The number of hydrogen-bond acceptors (Lipinski definition) is 7. The van der Waals surface area contributed by atoms with Gasteiger partial charge in [0.2, 0.25) is 5.91 Å². The van der Waals surface area contributed by atoms with E-state index in [0.29, 0.717) is 42.5 Å². The highest BCUT2D eigenvalue weighted by Gasteiger charge is 2.19. The van der Waals surface area contributed by atoms with Crippen molar-refractivity contribution in [1.29, 1.82) is 0 Å². The van der Waals surface area contributed by atoms with E-state index in [-0.39, 0.29) is 42.0 Å². The van der Waals surface area contributed by atoms with E-state index in [1.807, 2.05) is 35.4 Å². The fourth-order valence-corrected chi connectivity index (χ4v) is 6.49. The summed E-state index contributed by atoms with van der Waals surface area (Å²) in [5.41, 5.74) is 4.44. The van der Waals surface area contributed by atoms with Crippen molar-refractivity contribution >= 4 is 30.1 Å². The van der Waals surface area contributed by atoms with Crippen LogP contribution in [0.2, 0.25) is 0 Å². The van der Waals surface area contributed by atoms with Gasteiger partial charge in [-0.1, -0.05) is 74.1 Å². The summed E-state index contributed by atoms with van der Waals surface area (Å²) in [4.78, 5) is 35.9. The van der Waals surface area contributed by atoms with E-state index in [1.54, 1.807) is 53.0 Å². The minimum absolute atomic E-state index is 0. The summed E-state index contributed by atoms with van der Waals surface area (Å²) < 4.78 is 46.5. The highest BCUT2D eigenvalue weighted by molar-refractivity contribution is 7.98. The van der Waals surface area contributed by atoms with Crippen LogP contribution in [0.15, 0.2) is 101 Å². The van der Waals surface area contributed by atoms with Crippen molar-refractivity contribution in [2.75, 3.05) is 26.2 Å². The number of carbonyl (C=O) groups is 1. The van der Waals surface area contributed by atoms with Crippen LogP contribution >= 0.6 is 24.2 Å². The Morgan fingerprint density at radius 3 is 2.12 bits per heavy atom. The van der Waals surface area contributed by atoms with Gasteiger partial charge in [-0.25, -0.2) is 4.39 Å². The number of nitrogens with zero attached hydrogens (tertiary/aromatic N) is 6. The Bertz CT molecular complexity index is 1940. The number of rotatable bonds is 17. The fraction of sp³-hybridized carbons (Fsp3) is 0.316. The van der Waals surface area contributed by atoms with Crippen LogP contribution in [-0.4, -0.2) is 67.8 Å². The average Bonchev–Trinajstić information content (AvgIpc) is 3.54. The molecule has 2 heterocycles. The molecule has 2 aromatic heterocycles. The lowest BCUT2D eigenvalue weighted by atomic mass is 10.0. The molecule has 0 atom stereocenters. The predicted octanol–water partition coefficient (Wildman–Crippen LogP) is 7.06. The van der Waals surface area contributed by atoms with Crippen LogP contribution in [-0.2, 0) is 37.1 Å². The topological polar surface area (TPSA) is 85.5 Å². The monoisotopic (exact) mass is 754 g/mol. The number of amides is 1. The molecule has 0 fully saturated rings. The zero-order valence-electron chi connectivity index (χ0n) is 29.3. The van der Waals surface area contributed by atoms with E-state index in [9.17, 15) is 22.8 Å². The maximum atomic E-state index is 14.2. The molecule has 52 heavy (non-hydrogen) atoms. The second kappa shape index (κ2) is 19.3. The van der Waals surface area contributed by atoms with Crippen LogP contribution in [0.4, 0.5) is 13.2 Å².